The van der Waals surface area contributed by atoms with Crippen molar-refractivity contribution in [1.82, 2.24) is 0 Å². The Labute approximate surface area is 87.1 Å². The maximum Gasteiger partial charge on any atom is 0.339 e. The molecule has 0 aromatic heterocycles. The van der Waals surface area contributed by atoms with Gasteiger partial charge in [0.25, 0.3) is 0 Å². The molecule has 0 aliphatic carbocycles. The van der Waals surface area contributed by atoms with Crippen molar-refractivity contribution in [1.29, 1.82) is 0 Å². The van der Waals surface area contributed by atoms with E-state index in [9.17, 15) is 9.90 Å². The van der Waals surface area contributed by atoms with Crippen LogP contribution in [0.4, 0.5) is 5.69 Å². The van der Waals surface area contributed by atoms with Crippen LogP contribution >= 0.6 is 0 Å². The van der Waals surface area contributed by atoms with E-state index in [1.165, 1.54) is 18.2 Å². The third kappa shape index (κ3) is 2.98. The van der Waals surface area contributed by atoms with E-state index >= 15 is 0 Å². The van der Waals surface area contributed by atoms with Gasteiger partial charge in [-0.05, 0) is 26.0 Å². The van der Waals surface area contributed by atoms with Crippen LogP contribution in [-0.4, -0.2) is 21.9 Å². The summed E-state index contributed by atoms with van der Waals surface area (Å²) in [5, 5.41) is 21.9. The molecule has 0 bridgehead atoms. The van der Waals surface area contributed by atoms with Gasteiger partial charge >= 0.3 is 5.97 Å². The topological polar surface area (TPSA) is 81.9 Å². The van der Waals surface area contributed by atoms with Crippen molar-refractivity contribution in [3.8, 4) is 5.75 Å². The number of hydrazone groups is 1. The van der Waals surface area contributed by atoms with Crippen molar-refractivity contribution >= 4 is 17.4 Å². The lowest BCUT2D eigenvalue weighted by molar-refractivity contribution is 0.0694. The fourth-order valence-electron chi connectivity index (χ4n) is 0.958. The number of aromatic hydroxyl groups is 1. The lowest BCUT2D eigenvalue weighted by Gasteiger charge is -2.03. The third-order valence-electron chi connectivity index (χ3n) is 1.64. The normalized spacial score (nSPS) is 9.47. The number of carboxylic acids is 1. The number of carboxylic acid groups (broad SMARTS) is 1. The second kappa shape index (κ2) is 4.45. The SMILES string of the molecule is CC(C)=NNc1ccc(C(=O)O)c(O)c1. The summed E-state index contributed by atoms with van der Waals surface area (Å²) in [4.78, 5) is 10.6. The Balaban J connectivity index is 2.92. The van der Waals surface area contributed by atoms with E-state index in [1.807, 2.05) is 13.8 Å². The van der Waals surface area contributed by atoms with E-state index in [1.54, 1.807) is 0 Å². The smallest absolute Gasteiger partial charge is 0.339 e. The summed E-state index contributed by atoms with van der Waals surface area (Å²) in [6.45, 7) is 3.64. The lowest BCUT2D eigenvalue weighted by atomic mass is 10.2. The molecule has 0 saturated carbocycles. The first kappa shape index (κ1) is 11.0. The van der Waals surface area contributed by atoms with Crippen molar-refractivity contribution in [3.63, 3.8) is 0 Å². The van der Waals surface area contributed by atoms with Gasteiger partial charge in [-0.25, -0.2) is 4.79 Å². The molecule has 0 aliphatic rings. The number of hydrogen-bond acceptors (Lipinski definition) is 4. The van der Waals surface area contributed by atoms with Gasteiger partial charge in [-0.1, -0.05) is 0 Å². The Morgan fingerprint density at radius 3 is 2.53 bits per heavy atom. The molecule has 0 heterocycles. The molecule has 1 aromatic rings. The van der Waals surface area contributed by atoms with Gasteiger partial charge in [0.15, 0.2) is 0 Å². The molecule has 0 aliphatic heterocycles. The Bertz CT molecular complexity index is 409. The minimum atomic E-state index is -1.16. The molecule has 15 heavy (non-hydrogen) atoms. The van der Waals surface area contributed by atoms with Crippen LogP contribution in [0.15, 0.2) is 23.3 Å². The van der Waals surface area contributed by atoms with Crippen molar-refractivity contribution in [2.75, 3.05) is 5.43 Å². The first-order chi connectivity index (χ1) is 7.00. The number of hydrogen-bond donors (Lipinski definition) is 3. The summed E-state index contributed by atoms with van der Waals surface area (Å²) in [6.07, 6.45) is 0. The second-order valence-corrected chi connectivity index (χ2v) is 3.21. The molecule has 0 unspecified atom stereocenters. The molecule has 5 nitrogen and oxygen atoms in total. The summed E-state index contributed by atoms with van der Waals surface area (Å²) in [7, 11) is 0. The monoisotopic (exact) mass is 208 g/mol. The highest BCUT2D eigenvalue weighted by atomic mass is 16.4. The van der Waals surface area contributed by atoms with Crippen LogP contribution in [0.5, 0.6) is 5.75 Å². The maximum atomic E-state index is 10.6. The number of nitrogens with zero attached hydrogens (tertiary/aromatic N) is 1. The molecular formula is C10H12N2O3. The van der Waals surface area contributed by atoms with Crippen molar-refractivity contribution < 1.29 is 15.0 Å². The molecule has 0 fully saturated rings. The molecule has 80 valence electrons. The fraction of sp³-hybridized carbons (Fsp3) is 0.200. The molecule has 1 aromatic carbocycles. The minimum Gasteiger partial charge on any atom is -0.507 e. The van der Waals surface area contributed by atoms with Crippen LogP contribution in [0, 0.1) is 0 Å². The standard InChI is InChI=1S/C10H12N2O3/c1-6(2)11-12-7-3-4-8(10(14)15)9(13)5-7/h3-5,12-13H,1-2H3,(H,14,15). The van der Waals surface area contributed by atoms with Gasteiger partial charge in [0, 0.05) is 11.8 Å². The van der Waals surface area contributed by atoms with Crippen LogP contribution in [0.25, 0.3) is 0 Å². The van der Waals surface area contributed by atoms with Crippen molar-refractivity contribution in [3.05, 3.63) is 23.8 Å². The van der Waals surface area contributed by atoms with Crippen molar-refractivity contribution in [2.45, 2.75) is 13.8 Å². The second-order valence-electron chi connectivity index (χ2n) is 3.21. The Morgan fingerprint density at radius 2 is 2.07 bits per heavy atom. The van der Waals surface area contributed by atoms with Crippen LogP contribution in [0.2, 0.25) is 0 Å². The molecule has 0 radical (unpaired) electrons. The summed E-state index contributed by atoms with van der Waals surface area (Å²) in [5.41, 5.74) is 3.93. The zero-order valence-corrected chi connectivity index (χ0v) is 8.48. The largest absolute Gasteiger partial charge is 0.507 e. The third-order valence-corrected chi connectivity index (χ3v) is 1.64. The van der Waals surface area contributed by atoms with Gasteiger partial charge in [-0.15, -0.1) is 0 Å². The number of rotatable bonds is 3. The van der Waals surface area contributed by atoms with Gasteiger partial charge < -0.3 is 10.2 Å². The number of aromatic carboxylic acids is 1. The van der Waals surface area contributed by atoms with Crippen LogP contribution < -0.4 is 5.43 Å². The predicted molar refractivity (Wildman–Crippen MR) is 57.5 cm³/mol. The van der Waals surface area contributed by atoms with Gasteiger partial charge in [0.05, 0.1) is 5.69 Å². The predicted octanol–water partition coefficient (Wildman–Crippen LogP) is 1.90. The van der Waals surface area contributed by atoms with E-state index < -0.39 is 5.97 Å². The average Bonchev–Trinajstić information content (AvgIpc) is 2.14. The fourth-order valence-corrected chi connectivity index (χ4v) is 0.958. The lowest BCUT2D eigenvalue weighted by Crippen LogP contribution is -1.98. The first-order valence-electron chi connectivity index (χ1n) is 4.34. The zero-order valence-electron chi connectivity index (χ0n) is 8.48. The van der Waals surface area contributed by atoms with Crippen LogP contribution in [0.3, 0.4) is 0 Å². The minimum absolute atomic E-state index is 0.127. The summed E-state index contributed by atoms with van der Waals surface area (Å²) < 4.78 is 0. The first-order valence-corrected chi connectivity index (χ1v) is 4.34. The molecule has 0 atom stereocenters. The van der Waals surface area contributed by atoms with Gasteiger partial charge in [0.1, 0.15) is 11.3 Å². The summed E-state index contributed by atoms with van der Waals surface area (Å²) in [5.74, 6) is -1.44. The summed E-state index contributed by atoms with van der Waals surface area (Å²) in [6, 6.07) is 4.17. The Kier molecular flexibility index (Phi) is 3.28. The van der Waals surface area contributed by atoms with E-state index in [4.69, 9.17) is 5.11 Å². The van der Waals surface area contributed by atoms with Gasteiger partial charge in [-0.3, -0.25) is 5.43 Å². The molecule has 0 amide bonds. The van der Waals surface area contributed by atoms with Crippen LogP contribution in [0.1, 0.15) is 24.2 Å². The molecule has 0 saturated heterocycles. The average molecular weight is 208 g/mol. The van der Waals surface area contributed by atoms with E-state index in [0.717, 1.165) is 5.71 Å². The number of benzene rings is 1. The maximum absolute atomic E-state index is 10.6. The number of carbonyl (C=O) groups is 1. The highest BCUT2D eigenvalue weighted by Gasteiger charge is 2.08. The van der Waals surface area contributed by atoms with Gasteiger partial charge in [0.2, 0.25) is 0 Å². The van der Waals surface area contributed by atoms with E-state index in [2.05, 4.69) is 10.5 Å². The Morgan fingerprint density at radius 1 is 1.40 bits per heavy atom. The van der Waals surface area contributed by atoms with E-state index in [0.29, 0.717) is 5.69 Å². The van der Waals surface area contributed by atoms with E-state index in [-0.39, 0.29) is 11.3 Å². The zero-order chi connectivity index (χ0) is 11.4. The Hall–Kier alpha value is -2.04. The highest BCUT2D eigenvalue weighted by molar-refractivity contribution is 5.91. The number of phenols is 1. The molecule has 0 spiro atoms. The quantitative estimate of drug-likeness (QED) is 0.523. The highest BCUT2D eigenvalue weighted by Crippen LogP contribution is 2.21. The van der Waals surface area contributed by atoms with Gasteiger partial charge in [-0.2, -0.15) is 5.10 Å². The molecule has 1 rings (SSSR count). The molecule has 5 heteroatoms. The summed E-state index contributed by atoms with van der Waals surface area (Å²) >= 11 is 0. The number of anilines is 1. The van der Waals surface area contributed by atoms with Crippen LogP contribution in [-0.2, 0) is 0 Å². The molecular weight excluding hydrogens is 196 g/mol. The van der Waals surface area contributed by atoms with Crippen molar-refractivity contribution in [2.24, 2.45) is 5.10 Å². The molecule has 3 N–H and O–H groups in total. The number of nitrogens with one attached hydrogen (secondary N) is 1.